The van der Waals surface area contributed by atoms with Crippen LogP contribution in [-0.4, -0.2) is 12.6 Å². The van der Waals surface area contributed by atoms with Crippen LogP contribution in [0, 0.1) is 6.92 Å². The third-order valence-electron chi connectivity index (χ3n) is 3.22. The Morgan fingerprint density at radius 3 is 2.60 bits per heavy atom. The van der Waals surface area contributed by atoms with Gasteiger partial charge in [0, 0.05) is 10.7 Å². The molecule has 0 saturated carbocycles. The topological polar surface area (TPSA) is 21.3 Å². The number of nitrogens with one attached hydrogen (secondary N) is 1. The number of ether oxygens (including phenoxy) is 1. The molecule has 0 aliphatic carbocycles. The highest BCUT2D eigenvalue weighted by Crippen LogP contribution is 2.20. The lowest BCUT2D eigenvalue weighted by Gasteiger charge is -2.19. The molecule has 1 N–H and O–H groups in total. The van der Waals surface area contributed by atoms with Gasteiger partial charge in [-0.1, -0.05) is 42.8 Å². The summed E-state index contributed by atoms with van der Waals surface area (Å²) < 4.78 is 5.96. The molecule has 0 amide bonds. The van der Waals surface area contributed by atoms with Gasteiger partial charge in [-0.2, -0.15) is 0 Å². The molecule has 0 aromatic heterocycles. The quantitative estimate of drug-likeness (QED) is 0.815. The Labute approximate surface area is 125 Å². The van der Waals surface area contributed by atoms with E-state index in [0.717, 1.165) is 29.4 Å². The largest absolute Gasteiger partial charge is 0.489 e. The van der Waals surface area contributed by atoms with Gasteiger partial charge in [0.2, 0.25) is 0 Å². The van der Waals surface area contributed by atoms with Crippen LogP contribution in [0.5, 0.6) is 5.75 Å². The summed E-state index contributed by atoms with van der Waals surface area (Å²) in [6, 6.07) is 15.8. The Hall–Kier alpha value is -1.67. The first-order valence-corrected chi connectivity index (χ1v) is 7.28. The fraction of sp³-hybridized carbons (Fsp3) is 0.294. The van der Waals surface area contributed by atoms with E-state index in [2.05, 4.69) is 19.2 Å². The highest BCUT2D eigenvalue weighted by Gasteiger charge is 2.09. The minimum Gasteiger partial charge on any atom is -0.489 e. The first-order valence-electron chi connectivity index (χ1n) is 6.90. The normalized spacial score (nSPS) is 11.9. The van der Waals surface area contributed by atoms with Crippen LogP contribution < -0.4 is 10.1 Å². The van der Waals surface area contributed by atoms with Crippen LogP contribution in [0.25, 0.3) is 0 Å². The number of anilines is 1. The van der Waals surface area contributed by atoms with Gasteiger partial charge in [-0.25, -0.2) is 0 Å². The Morgan fingerprint density at radius 2 is 1.90 bits per heavy atom. The van der Waals surface area contributed by atoms with Gasteiger partial charge in [0.25, 0.3) is 0 Å². The maximum atomic E-state index is 6.02. The highest BCUT2D eigenvalue weighted by molar-refractivity contribution is 6.30. The average molecular weight is 290 g/mol. The molecule has 0 aliphatic rings. The van der Waals surface area contributed by atoms with E-state index in [1.54, 1.807) is 0 Å². The van der Waals surface area contributed by atoms with Crippen molar-refractivity contribution in [3.63, 3.8) is 0 Å². The van der Waals surface area contributed by atoms with E-state index in [4.69, 9.17) is 16.3 Å². The molecule has 1 atom stereocenters. The third kappa shape index (κ3) is 4.17. The maximum Gasteiger partial charge on any atom is 0.119 e. The second-order valence-corrected chi connectivity index (χ2v) is 5.24. The number of aryl methyl sites for hydroxylation is 1. The van der Waals surface area contributed by atoms with Crippen molar-refractivity contribution in [1.29, 1.82) is 0 Å². The van der Waals surface area contributed by atoms with E-state index in [9.17, 15) is 0 Å². The molecule has 2 aromatic carbocycles. The van der Waals surface area contributed by atoms with Crippen molar-refractivity contribution >= 4 is 17.3 Å². The molecule has 0 bridgehead atoms. The number of benzene rings is 2. The Bertz CT molecular complexity index is 542. The Morgan fingerprint density at radius 1 is 1.15 bits per heavy atom. The average Bonchev–Trinajstić information content (AvgIpc) is 2.47. The molecule has 3 heteroatoms. The van der Waals surface area contributed by atoms with Crippen LogP contribution in [0.4, 0.5) is 5.69 Å². The summed E-state index contributed by atoms with van der Waals surface area (Å²) in [7, 11) is 0. The molecule has 0 heterocycles. The van der Waals surface area contributed by atoms with Gasteiger partial charge in [-0.15, -0.1) is 0 Å². The van der Waals surface area contributed by atoms with Crippen molar-refractivity contribution in [1.82, 2.24) is 0 Å². The predicted octanol–water partition coefficient (Wildman–Crippen LogP) is 4.92. The first-order chi connectivity index (χ1) is 9.69. The first kappa shape index (κ1) is 14.7. The summed E-state index contributed by atoms with van der Waals surface area (Å²) in [6.45, 7) is 4.95. The predicted molar refractivity (Wildman–Crippen MR) is 85.8 cm³/mol. The molecule has 0 aliphatic heterocycles. The van der Waals surface area contributed by atoms with Gasteiger partial charge in [0.1, 0.15) is 11.9 Å². The van der Waals surface area contributed by atoms with Crippen LogP contribution in [0.2, 0.25) is 5.02 Å². The molecule has 0 fully saturated rings. The number of hydrogen-bond donors (Lipinski definition) is 1. The lowest BCUT2D eigenvalue weighted by Crippen LogP contribution is -2.25. The summed E-state index contributed by atoms with van der Waals surface area (Å²) in [5, 5.41) is 4.16. The minimum atomic E-state index is 0.135. The monoisotopic (exact) mass is 289 g/mol. The second kappa shape index (κ2) is 7.20. The van der Waals surface area contributed by atoms with Crippen LogP contribution in [-0.2, 0) is 0 Å². The van der Waals surface area contributed by atoms with E-state index < -0.39 is 0 Å². The van der Waals surface area contributed by atoms with E-state index in [-0.39, 0.29) is 6.10 Å². The Balaban J connectivity index is 1.95. The van der Waals surface area contributed by atoms with Crippen LogP contribution in [0.1, 0.15) is 18.9 Å². The maximum absolute atomic E-state index is 6.02. The molecule has 0 saturated heterocycles. The van der Waals surface area contributed by atoms with Gasteiger partial charge in [-0.3, -0.25) is 0 Å². The zero-order chi connectivity index (χ0) is 14.4. The molecule has 2 rings (SSSR count). The zero-order valence-corrected chi connectivity index (χ0v) is 12.7. The van der Waals surface area contributed by atoms with E-state index >= 15 is 0 Å². The molecular formula is C17H20ClNO. The Kier molecular flexibility index (Phi) is 5.31. The van der Waals surface area contributed by atoms with Crippen molar-refractivity contribution in [2.45, 2.75) is 26.4 Å². The third-order valence-corrected chi connectivity index (χ3v) is 3.46. The van der Waals surface area contributed by atoms with Crippen molar-refractivity contribution in [2.75, 3.05) is 11.9 Å². The smallest absolute Gasteiger partial charge is 0.119 e. The molecule has 2 aromatic rings. The van der Waals surface area contributed by atoms with Crippen molar-refractivity contribution in [3.05, 3.63) is 59.1 Å². The molecule has 0 radical (unpaired) electrons. The van der Waals surface area contributed by atoms with Crippen molar-refractivity contribution < 1.29 is 4.74 Å². The second-order valence-electron chi connectivity index (χ2n) is 4.80. The number of para-hydroxylation sites is 1. The summed E-state index contributed by atoms with van der Waals surface area (Å²) in [4.78, 5) is 0. The molecule has 106 valence electrons. The van der Waals surface area contributed by atoms with Crippen LogP contribution in [0.3, 0.4) is 0 Å². The standard InChI is InChI=1S/C17H20ClNO/c1-3-15(20-16-7-5-4-6-8-16)12-19-17-11-14(18)10-9-13(17)2/h4-11,15,19H,3,12H2,1-2H3. The summed E-state index contributed by atoms with van der Waals surface area (Å²) >= 11 is 6.02. The van der Waals surface area contributed by atoms with Gasteiger partial charge >= 0.3 is 0 Å². The van der Waals surface area contributed by atoms with Crippen molar-refractivity contribution in [3.8, 4) is 5.75 Å². The number of rotatable bonds is 6. The fourth-order valence-corrected chi connectivity index (χ4v) is 2.14. The fourth-order valence-electron chi connectivity index (χ4n) is 1.97. The van der Waals surface area contributed by atoms with Gasteiger partial charge in [-0.05, 0) is 43.2 Å². The van der Waals surface area contributed by atoms with E-state index in [1.165, 1.54) is 5.56 Å². The number of halogens is 1. The number of hydrogen-bond acceptors (Lipinski definition) is 2. The molecule has 0 spiro atoms. The lowest BCUT2D eigenvalue weighted by atomic mass is 10.2. The van der Waals surface area contributed by atoms with Crippen LogP contribution in [0.15, 0.2) is 48.5 Å². The minimum absolute atomic E-state index is 0.135. The summed E-state index contributed by atoms with van der Waals surface area (Å²) in [6.07, 6.45) is 1.08. The molecule has 1 unspecified atom stereocenters. The zero-order valence-electron chi connectivity index (χ0n) is 11.9. The lowest BCUT2D eigenvalue weighted by molar-refractivity contribution is 0.210. The van der Waals surface area contributed by atoms with Crippen LogP contribution >= 0.6 is 11.6 Å². The summed E-state index contributed by atoms with van der Waals surface area (Å²) in [5.41, 5.74) is 2.25. The SMILES string of the molecule is CCC(CNc1cc(Cl)ccc1C)Oc1ccccc1. The van der Waals surface area contributed by atoms with E-state index in [1.807, 2.05) is 48.5 Å². The van der Waals surface area contributed by atoms with Gasteiger partial charge in [0.05, 0.1) is 6.54 Å². The van der Waals surface area contributed by atoms with E-state index in [0.29, 0.717) is 0 Å². The van der Waals surface area contributed by atoms with Crippen molar-refractivity contribution in [2.24, 2.45) is 0 Å². The summed E-state index contributed by atoms with van der Waals surface area (Å²) in [5.74, 6) is 0.906. The van der Waals surface area contributed by atoms with Gasteiger partial charge < -0.3 is 10.1 Å². The molecule has 20 heavy (non-hydrogen) atoms. The highest BCUT2D eigenvalue weighted by atomic mass is 35.5. The molecule has 2 nitrogen and oxygen atoms in total. The van der Waals surface area contributed by atoms with Gasteiger partial charge in [0.15, 0.2) is 0 Å². The molecular weight excluding hydrogens is 270 g/mol.